The van der Waals surface area contributed by atoms with Crippen molar-refractivity contribution >= 4 is 64.6 Å². The molecule has 73 heavy (non-hydrogen) atoms. The predicted molar refractivity (Wildman–Crippen MR) is 269 cm³/mol. The number of esters is 1. The van der Waals surface area contributed by atoms with E-state index >= 15 is 0 Å². The number of ether oxygens (including phenoxy) is 1. The predicted octanol–water partition coefficient (Wildman–Crippen LogP) is 3.27. The molecule has 1 unspecified atom stereocenters. The molecule has 5 aliphatic heterocycles. The van der Waals surface area contributed by atoms with Crippen LogP contribution in [0.5, 0.6) is 0 Å². The van der Waals surface area contributed by atoms with Crippen molar-refractivity contribution in [3.63, 3.8) is 0 Å². The molecule has 6 fully saturated rings. The third kappa shape index (κ3) is 11.1. The molecule has 4 saturated heterocycles. The average Bonchev–Trinajstić information content (AvgIpc) is 3.93. The molecule has 0 spiro atoms. The van der Waals surface area contributed by atoms with Gasteiger partial charge in [0.1, 0.15) is 17.4 Å². The number of benzene rings is 1. The number of piperazine rings is 2. The number of hydrogen-bond acceptors (Lipinski definition) is 16. The molecule has 1 aromatic carbocycles. The quantitative estimate of drug-likeness (QED) is 0.165. The molecule has 2 atom stereocenters. The van der Waals surface area contributed by atoms with E-state index in [4.69, 9.17) is 4.74 Å². The Labute approximate surface area is 425 Å². The van der Waals surface area contributed by atoms with Crippen molar-refractivity contribution in [1.82, 2.24) is 49.6 Å². The van der Waals surface area contributed by atoms with Gasteiger partial charge in [-0.3, -0.25) is 53.5 Å². The molecule has 10 rings (SSSR count). The Balaban J connectivity index is 0.632. The molecule has 7 aliphatic rings. The minimum Gasteiger partial charge on any atom is -0.462 e. The van der Waals surface area contributed by atoms with Gasteiger partial charge in [-0.1, -0.05) is 0 Å². The number of nitrogens with zero attached hydrogens (tertiary/aromatic N) is 10. The fourth-order valence-corrected chi connectivity index (χ4v) is 12.3. The van der Waals surface area contributed by atoms with Crippen molar-refractivity contribution in [2.24, 2.45) is 24.8 Å². The van der Waals surface area contributed by atoms with Crippen molar-refractivity contribution in [2.75, 3.05) is 94.1 Å². The summed E-state index contributed by atoms with van der Waals surface area (Å²) < 4.78 is 6.99. The van der Waals surface area contributed by atoms with Gasteiger partial charge in [-0.15, -0.1) is 0 Å². The molecule has 3 N–H and O–H groups in total. The molecule has 6 amide bonds. The standard InChI is InChI=1S/C52H69N13O8/c1-3-73-51(72)42-29-53-52(56-37-28-54-59(2)32-37)58-45(42)55-36-10-12-38(13-11-36)61-23-25-63(26-24-61)47(68)34-6-8-35(9-7-34)48(69)64-18-4-5-33(31-64)30-60-19-21-62(22-20-60)39-14-15-40-41(27-39)50(71)65(49(40)70)43-16-17-44(66)57-46(43)67/h14-15,27-29,32-36,38,43H,3-13,16-26,30-31H2,1-2H3,(H,57,66,67)(H2,53,55,56,58)/t33-,34?,35?,36?,38?,43?/m0/s1. The molecule has 0 radical (unpaired) electrons. The Morgan fingerprint density at radius 3 is 2.18 bits per heavy atom. The summed E-state index contributed by atoms with van der Waals surface area (Å²) in [7, 11) is 1.83. The second kappa shape index (κ2) is 21.9. The van der Waals surface area contributed by atoms with Crippen LogP contribution in [0.1, 0.15) is 115 Å². The van der Waals surface area contributed by atoms with Crippen LogP contribution < -0.4 is 20.9 Å². The minimum atomic E-state index is -0.990. The van der Waals surface area contributed by atoms with Gasteiger partial charge in [0.2, 0.25) is 29.6 Å². The number of hydrogen-bond donors (Lipinski definition) is 3. The summed E-state index contributed by atoms with van der Waals surface area (Å²) in [6.45, 7) is 10.8. The van der Waals surface area contributed by atoms with Crippen molar-refractivity contribution < 1.29 is 38.3 Å². The van der Waals surface area contributed by atoms with Gasteiger partial charge in [0, 0.05) is 127 Å². The molecular weight excluding hydrogens is 935 g/mol. The molecule has 390 valence electrons. The van der Waals surface area contributed by atoms with Crippen molar-refractivity contribution in [1.29, 1.82) is 0 Å². The number of piperidine rings is 2. The van der Waals surface area contributed by atoms with Crippen LogP contribution >= 0.6 is 0 Å². The maximum atomic E-state index is 14.0. The van der Waals surface area contributed by atoms with Gasteiger partial charge < -0.3 is 30.1 Å². The smallest absolute Gasteiger partial charge is 0.343 e. The van der Waals surface area contributed by atoms with Crippen LogP contribution in [0.25, 0.3) is 0 Å². The summed E-state index contributed by atoms with van der Waals surface area (Å²) in [6, 6.07) is 4.88. The molecule has 3 aromatic rings. The maximum Gasteiger partial charge on any atom is 0.343 e. The third-order valence-electron chi connectivity index (χ3n) is 16.4. The number of carbonyl (C=O) groups excluding carboxylic acids is 7. The molecular formula is C52H69N13O8. The summed E-state index contributed by atoms with van der Waals surface area (Å²) in [5.41, 5.74) is 2.48. The number of amides is 6. The largest absolute Gasteiger partial charge is 0.462 e. The zero-order valence-electron chi connectivity index (χ0n) is 42.1. The molecule has 2 aliphatic carbocycles. The highest BCUT2D eigenvalue weighted by Gasteiger charge is 2.45. The normalized spacial score (nSPS) is 26.4. The summed E-state index contributed by atoms with van der Waals surface area (Å²) in [6.07, 6.45) is 14.2. The Hall–Kier alpha value is -6.48. The van der Waals surface area contributed by atoms with Gasteiger partial charge in [0.15, 0.2) is 0 Å². The Bertz CT molecular complexity index is 2570. The van der Waals surface area contributed by atoms with Crippen LogP contribution in [0.15, 0.2) is 36.8 Å². The van der Waals surface area contributed by atoms with Gasteiger partial charge >= 0.3 is 5.97 Å². The number of aryl methyl sites for hydroxylation is 1. The number of nitrogens with one attached hydrogen (secondary N) is 3. The highest BCUT2D eigenvalue weighted by atomic mass is 16.5. The fourth-order valence-electron chi connectivity index (χ4n) is 12.3. The lowest BCUT2D eigenvalue weighted by atomic mass is 9.80. The molecule has 21 heteroatoms. The maximum absolute atomic E-state index is 14.0. The van der Waals surface area contributed by atoms with Crippen LogP contribution in [0, 0.1) is 17.8 Å². The first-order valence-corrected chi connectivity index (χ1v) is 26.6. The van der Waals surface area contributed by atoms with Crippen LogP contribution in [0.2, 0.25) is 0 Å². The van der Waals surface area contributed by atoms with Gasteiger partial charge in [0.25, 0.3) is 11.8 Å². The number of fused-ring (bicyclic) bond motifs is 1. The van der Waals surface area contributed by atoms with E-state index in [-0.39, 0.29) is 60.3 Å². The minimum absolute atomic E-state index is 0.0291. The molecule has 2 saturated carbocycles. The number of likely N-dealkylation sites (tertiary alicyclic amines) is 1. The van der Waals surface area contributed by atoms with Gasteiger partial charge in [-0.05, 0) is 102 Å². The average molecular weight is 1000 g/mol. The van der Waals surface area contributed by atoms with E-state index in [0.717, 1.165) is 152 Å². The van der Waals surface area contributed by atoms with Crippen LogP contribution in [-0.4, -0.2) is 182 Å². The van der Waals surface area contributed by atoms with Crippen molar-refractivity contribution in [3.05, 3.63) is 53.5 Å². The zero-order valence-corrected chi connectivity index (χ0v) is 42.1. The van der Waals surface area contributed by atoms with Gasteiger partial charge in [0.05, 0.1) is 29.6 Å². The number of aromatic nitrogens is 4. The summed E-state index contributed by atoms with van der Waals surface area (Å²) in [4.78, 5) is 113. The lowest BCUT2D eigenvalue weighted by molar-refractivity contribution is -0.143. The van der Waals surface area contributed by atoms with Crippen LogP contribution in [0.3, 0.4) is 0 Å². The fraction of sp³-hybridized carbons (Fsp3) is 0.615. The van der Waals surface area contributed by atoms with Crippen LogP contribution in [0.4, 0.5) is 23.1 Å². The summed E-state index contributed by atoms with van der Waals surface area (Å²) >= 11 is 0. The SMILES string of the molecule is CCOC(=O)c1cnc(Nc2cnn(C)c2)nc1NC1CCC(N2CCN(C(=O)C3CCC(C(=O)N4CCC[C@@H](CN5CCN(c6ccc7c(c6)C(=O)N(C6CCC(=O)NC6=O)C7=O)CC5)C4)CC3)CC2)CC1. The summed E-state index contributed by atoms with van der Waals surface area (Å²) in [5.74, 6) is -0.846. The third-order valence-corrected chi connectivity index (χ3v) is 16.4. The van der Waals surface area contributed by atoms with Gasteiger partial charge in [-0.2, -0.15) is 10.1 Å². The van der Waals surface area contributed by atoms with E-state index in [1.54, 1.807) is 29.9 Å². The lowest BCUT2D eigenvalue weighted by Crippen LogP contribution is -2.54. The zero-order chi connectivity index (χ0) is 50.8. The Kier molecular flexibility index (Phi) is 15.0. The Morgan fingerprint density at radius 1 is 0.781 bits per heavy atom. The number of carbonyl (C=O) groups is 7. The molecule has 0 bridgehead atoms. The number of anilines is 4. The molecule has 7 heterocycles. The van der Waals surface area contributed by atoms with E-state index < -0.39 is 35.6 Å². The van der Waals surface area contributed by atoms with E-state index in [9.17, 15) is 33.6 Å². The highest BCUT2D eigenvalue weighted by molar-refractivity contribution is 6.23. The number of rotatable bonds is 13. The van der Waals surface area contributed by atoms with Crippen molar-refractivity contribution in [3.8, 4) is 0 Å². The van der Waals surface area contributed by atoms with E-state index in [1.165, 1.54) is 6.20 Å². The first kappa shape index (κ1) is 50.1. The lowest BCUT2D eigenvalue weighted by Gasteiger charge is -2.43. The van der Waals surface area contributed by atoms with E-state index in [0.29, 0.717) is 29.3 Å². The second-order valence-electron chi connectivity index (χ2n) is 21.0. The van der Waals surface area contributed by atoms with Crippen LogP contribution in [-0.2, 0) is 31.0 Å². The monoisotopic (exact) mass is 1000 g/mol. The molecule has 21 nitrogen and oxygen atoms in total. The van der Waals surface area contributed by atoms with Gasteiger partial charge in [-0.25, -0.2) is 9.78 Å². The first-order chi connectivity index (χ1) is 35.4. The highest BCUT2D eigenvalue weighted by Crippen LogP contribution is 2.35. The summed E-state index contributed by atoms with van der Waals surface area (Å²) in [5, 5.41) is 13.1. The van der Waals surface area contributed by atoms with Crippen molar-refractivity contribution in [2.45, 2.75) is 102 Å². The van der Waals surface area contributed by atoms with E-state index in [2.05, 4.69) is 55.5 Å². The van der Waals surface area contributed by atoms with E-state index in [1.807, 2.05) is 19.3 Å². The first-order valence-electron chi connectivity index (χ1n) is 26.6. The Morgan fingerprint density at radius 2 is 1.49 bits per heavy atom. The second-order valence-corrected chi connectivity index (χ2v) is 21.0. The topological polar surface area (TPSA) is 228 Å². The molecule has 2 aromatic heterocycles. The number of imide groups is 2.